The quantitative estimate of drug-likeness (QED) is 0.354. The summed E-state index contributed by atoms with van der Waals surface area (Å²) in [5.41, 5.74) is 2.95. The van der Waals surface area contributed by atoms with Crippen LogP contribution < -0.4 is 9.62 Å². The minimum atomic E-state index is -3.91. The van der Waals surface area contributed by atoms with Crippen molar-refractivity contribution in [1.82, 2.24) is 4.72 Å². The molecule has 0 heterocycles. The number of carbonyl (C=O) groups excluding carboxylic acids is 1. The molecule has 3 aromatic carbocycles. The Labute approximate surface area is 190 Å². The van der Waals surface area contributed by atoms with E-state index < -0.39 is 16.1 Å². The van der Waals surface area contributed by atoms with Crippen molar-refractivity contribution in [3.8, 4) is 0 Å². The molecule has 0 aliphatic heterocycles. The van der Waals surface area contributed by atoms with Gasteiger partial charge in [0.2, 0.25) is 10.0 Å². The Bertz CT molecular complexity index is 1160. The lowest BCUT2D eigenvalue weighted by atomic mass is 9.98. The molecule has 166 valence electrons. The van der Waals surface area contributed by atoms with Gasteiger partial charge >= 0.3 is 0 Å². The van der Waals surface area contributed by atoms with Crippen LogP contribution in [0.25, 0.3) is 0 Å². The number of ketones is 1. The molecule has 0 aromatic heterocycles. The Balaban J connectivity index is 1.98. The van der Waals surface area contributed by atoms with E-state index in [1.165, 1.54) is 0 Å². The summed E-state index contributed by atoms with van der Waals surface area (Å²) in [5, 5.41) is 0. The van der Waals surface area contributed by atoms with Crippen molar-refractivity contribution in [2.75, 3.05) is 18.0 Å². The Hall–Kier alpha value is -3.22. The van der Waals surface area contributed by atoms with Crippen molar-refractivity contribution in [2.45, 2.75) is 24.8 Å². The van der Waals surface area contributed by atoms with Crippen LogP contribution in [0.1, 0.15) is 34.5 Å². The van der Waals surface area contributed by atoms with Gasteiger partial charge in [0.05, 0.1) is 4.90 Å². The Morgan fingerprint density at radius 1 is 1.00 bits per heavy atom. The fourth-order valence-corrected chi connectivity index (χ4v) is 4.62. The smallest absolute Gasteiger partial charge is 0.241 e. The van der Waals surface area contributed by atoms with E-state index in [0.29, 0.717) is 17.7 Å². The van der Waals surface area contributed by atoms with Gasteiger partial charge in [0.25, 0.3) is 0 Å². The summed E-state index contributed by atoms with van der Waals surface area (Å²) in [6.45, 7) is 9.23. The minimum Gasteiger partial charge on any atom is -0.368 e. The van der Waals surface area contributed by atoms with Gasteiger partial charge in [-0.2, -0.15) is 4.72 Å². The van der Waals surface area contributed by atoms with Crippen LogP contribution in [0.15, 0.2) is 96.4 Å². The molecule has 1 atom stereocenters. The summed E-state index contributed by atoms with van der Waals surface area (Å²) in [4.78, 5) is 15.6. The second-order valence-corrected chi connectivity index (χ2v) is 9.23. The SMILES string of the molecule is C=CCN(CC)c1ccc(C(NS(=O)(=O)c2ccc(C)cc2)C(=O)c2ccccc2)cc1. The Morgan fingerprint density at radius 3 is 2.19 bits per heavy atom. The second kappa shape index (κ2) is 10.4. The number of anilines is 1. The first-order valence-electron chi connectivity index (χ1n) is 10.5. The van der Waals surface area contributed by atoms with E-state index in [0.717, 1.165) is 17.8 Å². The maximum Gasteiger partial charge on any atom is 0.241 e. The van der Waals surface area contributed by atoms with E-state index in [9.17, 15) is 13.2 Å². The highest BCUT2D eigenvalue weighted by molar-refractivity contribution is 7.89. The van der Waals surface area contributed by atoms with Gasteiger partial charge in [-0.3, -0.25) is 4.79 Å². The lowest BCUT2D eigenvalue weighted by molar-refractivity contribution is 0.0953. The molecule has 3 rings (SSSR count). The Kier molecular flexibility index (Phi) is 7.62. The molecule has 32 heavy (non-hydrogen) atoms. The number of aryl methyl sites for hydroxylation is 1. The highest BCUT2D eigenvalue weighted by Crippen LogP contribution is 2.25. The lowest BCUT2D eigenvalue weighted by Crippen LogP contribution is -2.34. The molecule has 0 spiro atoms. The minimum absolute atomic E-state index is 0.119. The molecule has 6 heteroatoms. The predicted molar refractivity (Wildman–Crippen MR) is 130 cm³/mol. The van der Waals surface area contributed by atoms with Gasteiger partial charge in [-0.05, 0) is 43.7 Å². The number of benzene rings is 3. The zero-order chi connectivity index (χ0) is 23.1. The topological polar surface area (TPSA) is 66.5 Å². The molecule has 0 bridgehead atoms. The number of hydrogen-bond donors (Lipinski definition) is 1. The molecule has 0 fully saturated rings. The largest absolute Gasteiger partial charge is 0.368 e. The zero-order valence-electron chi connectivity index (χ0n) is 18.4. The molecule has 5 nitrogen and oxygen atoms in total. The van der Waals surface area contributed by atoms with Crippen LogP contribution in [-0.2, 0) is 10.0 Å². The summed E-state index contributed by atoms with van der Waals surface area (Å²) >= 11 is 0. The van der Waals surface area contributed by atoms with Gasteiger partial charge in [-0.25, -0.2) is 8.42 Å². The van der Waals surface area contributed by atoms with Gasteiger partial charge in [0, 0.05) is 24.3 Å². The van der Waals surface area contributed by atoms with Crippen LogP contribution in [-0.4, -0.2) is 27.3 Å². The molecule has 1 N–H and O–H groups in total. The highest BCUT2D eigenvalue weighted by Gasteiger charge is 2.28. The van der Waals surface area contributed by atoms with Crippen molar-refractivity contribution in [1.29, 1.82) is 0 Å². The zero-order valence-corrected chi connectivity index (χ0v) is 19.2. The van der Waals surface area contributed by atoms with E-state index in [4.69, 9.17) is 0 Å². The average Bonchev–Trinajstić information content (AvgIpc) is 2.81. The summed E-state index contributed by atoms with van der Waals surface area (Å²) in [6.07, 6.45) is 1.83. The van der Waals surface area contributed by atoms with Gasteiger partial charge in [-0.15, -0.1) is 6.58 Å². The van der Waals surface area contributed by atoms with E-state index in [1.54, 1.807) is 60.7 Å². The van der Waals surface area contributed by atoms with Gasteiger partial charge in [0.1, 0.15) is 6.04 Å². The standard InChI is InChI=1S/C26H28N2O3S/c1-4-19-28(5-2)23-15-13-21(14-16-23)25(26(29)22-9-7-6-8-10-22)27-32(30,31)24-17-11-20(3)12-18-24/h4,6-18,25,27H,1,5,19H2,2-3H3. The average molecular weight is 449 g/mol. The molecule has 1 unspecified atom stereocenters. The van der Waals surface area contributed by atoms with Crippen molar-refractivity contribution in [2.24, 2.45) is 0 Å². The van der Waals surface area contributed by atoms with E-state index >= 15 is 0 Å². The van der Waals surface area contributed by atoms with Crippen molar-refractivity contribution in [3.05, 3.63) is 108 Å². The number of Topliss-reactive ketones (excluding diaryl/α,β-unsaturated/α-hetero) is 1. The fourth-order valence-electron chi connectivity index (χ4n) is 3.43. The summed E-state index contributed by atoms with van der Waals surface area (Å²) < 4.78 is 28.8. The number of carbonyl (C=O) groups is 1. The number of rotatable bonds is 10. The number of likely N-dealkylation sites (N-methyl/N-ethyl adjacent to an activating group) is 1. The Morgan fingerprint density at radius 2 is 1.62 bits per heavy atom. The molecule has 0 aliphatic rings. The third kappa shape index (κ3) is 5.52. The molecule has 0 saturated heterocycles. The third-order valence-corrected chi connectivity index (χ3v) is 6.69. The molecular weight excluding hydrogens is 420 g/mol. The van der Waals surface area contributed by atoms with Crippen LogP contribution in [0.4, 0.5) is 5.69 Å². The monoisotopic (exact) mass is 448 g/mol. The molecule has 0 saturated carbocycles. The maximum atomic E-state index is 13.3. The van der Waals surface area contributed by atoms with Crippen molar-refractivity contribution >= 4 is 21.5 Å². The highest BCUT2D eigenvalue weighted by atomic mass is 32.2. The van der Waals surface area contributed by atoms with Gasteiger partial charge in [0.15, 0.2) is 5.78 Å². The fraction of sp³-hybridized carbons (Fsp3) is 0.192. The lowest BCUT2D eigenvalue weighted by Gasteiger charge is -2.23. The summed E-state index contributed by atoms with van der Waals surface area (Å²) in [6, 6.07) is 21.6. The normalized spacial score (nSPS) is 12.2. The van der Waals surface area contributed by atoms with Crippen molar-refractivity contribution in [3.63, 3.8) is 0 Å². The van der Waals surface area contributed by atoms with E-state index in [-0.39, 0.29) is 10.7 Å². The third-order valence-electron chi connectivity index (χ3n) is 5.25. The van der Waals surface area contributed by atoms with E-state index in [1.807, 2.05) is 31.2 Å². The molecule has 0 radical (unpaired) electrons. The number of nitrogens with zero attached hydrogens (tertiary/aromatic N) is 1. The number of sulfonamides is 1. The predicted octanol–water partition coefficient (Wildman–Crippen LogP) is 4.91. The first-order valence-corrected chi connectivity index (χ1v) is 12.0. The van der Waals surface area contributed by atoms with Crippen LogP contribution in [0.2, 0.25) is 0 Å². The number of nitrogens with one attached hydrogen (secondary N) is 1. The van der Waals surface area contributed by atoms with Crippen LogP contribution in [0.5, 0.6) is 0 Å². The first-order chi connectivity index (χ1) is 15.4. The number of hydrogen-bond acceptors (Lipinski definition) is 4. The van der Waals surface area contributed by atoms with Crippen LogP contribution >= 0.6 is 0 Å². The molecule has 3 aromatic rings. The van der Waals surface area contributed by atoms with Gasteiger partial charge < -0.3 is 4.90 Å². The van der Waals surface area contributed by atoms with Crippen LogP contribution in [0, 0.1) is 6.92 Å². The van der Waals surface area contributed by atoms with E-state index in [2.05, 4.69) is 23.1 Å². The second-order valence-electron chi connectivity index (χ2n) is 7.52. The molecule has 0 aliphatic carbocycles. The van der Waals surface area contributed by atoms with Gasteiger partial charge in [-0.1, -0.05) is 66.2 Å². The van der Waals surface area contributed by atoms with Crippen molar-refractivity contribution < 1.29 is 13.2 Å². The summed E-state index contributed by atoms with van der Waals surface area (Å²) in [5.74, 6) is -0.313. The van der Waals surface area contributed by atoms with Crippen LogP contribution in [0.3, 0.4) is 0 Å². The summed E-state index contributed by atoms with van der Waals surface area (Å²) in [7, 11) is -3.91. The molecule has 0 amide bonds. The molecular formula is C26H28N2O3S. The first kappa shape index (κ1) is 23.4. The maximum absolute atomic E-state index is 13.3.